The molecule has 0 saturated carbocycles. The van der Waals surface area contributed by atoms with E-state index in [1.807, 2.05) is 0 Å². The molecule has 1 heterocycles. The predicted octanol–water partition coefficient (Wildman–Crippen LogP) is 3.24. The van der Waals surface area contributed by atoms with Gasteiger partial charge in [-0.15, -0.1) is 0 Å². The lowest BCUT2D eigenvalue weighted by Crippen LogP contribution is -2.13. The first-order valence-corrected chi connectivity index (χ1v) is 4.19. The minimum Gasteiger partial charge on any atom is -0.215 e. The third-order valence-electron chi connectivity index (χ3n) is 1.88. The van der Waals surface area contributed by atoms with Crippen molar-refractivity contribution in [2.24, 2.45) is 0 Å². The smallest absolute Gasteiger partial charge is 0.215 e. The number of aromatic nitrogens is 1. The third-order valence-corrected chi connectivity index (χ3v) is 1.88. The van der Waals surface area contributed by atoms with Crippen LogP contribution in [0.1, 0.15) is 23.2 Å². The number of nitrogens with zero attached hydrogens (tertiary/aromatic N) is 2. The number of rotatable bonds is 2. The van der Waals surface area contributed by atoms with Crippen LogP contribution in [-0.2, 0) is 12.6 Å². The van der Waals surface area contributed by atoms with Gasteiger partial charge >= 0.3 is 6.18 Å². The van der Waals surface area contributed by atoms with Crippen molar-refractivity contribution in [3.8, 4) is 6.07 Å². The molecule has 17 heavy (non-hydrogen) atoms. The summed E-state index contributed by atoms with van der Waals surface area (Å²) in [6.45, 7) is 0. The molecule has 0 aliphatic rings. The van der Waals surface area contributed by atoms with E-state index in [0.29, 0.717) is 0 Å². The van der Waals surface area contributed by atoms with Crippen molar-refractivity contribution in [2.45, 2.75) is 19.0 Å². The maximum Gasteiger partial charge on any atom is 0.433 e. The van der Waals surface area contributed by atoms with Gasteiger partial charge in [0.2, 0.25) is 5.95 Å². The van der Waals surface area contributed by atoms with Crippen molar-refractivity contribution in [3.63, 3.8) is 0 Å². The zero-order chi connectivity index (χ0) is 13.2. The number of pyridine rings is 1. The molecule has 1 aromatic heterocycles. The van der Waals surface area contributed by atoms with Gasteiger partial charge in [0.25, 0.3) is 6.43 Å². The monoisotopic (exact) mass is 254 g/mol. The molecule has 0 spiro atoms. The molecule has 8 heteroatoms. The van der Waals surface area contributed by atoms with E-state index < -0.39 is 41.8 Å². The van der Waals surface area contributed by atoms with Crippen molar-refractivity contribution < 1.29 is 26.3 Å². The summed E-state index contributed by atoms with van der Waals surface area (Å²) in [6, 6.07) is 1.65. The van der Waals surface area contributed by atoms with Crippen LogP contribution in [-0.4, -0.2) is 4.98 Å². The minimum atomic E-state index is -4.95. The first-order chi connectivity index (χ1) is 7.77. The van der Waals surface area contributed by atoms with Crippen molar-refractivity contribution in [3.05, 3.63) is 28.8 Å². The Bertz CT molecular complexity index is 460. The molecule has 0 N–H and O–H groups in total. The summed E-state index contributed by atoms with van der Waals surface area (Å²) in [5, 5.41) is 8.29. The van der Waals surface area contributed by atoms with E-state index in [0.717, 1.165) is 0 Å². The number of alkyl halides is 5. The van der Waals surface area contributed by atoms with Gasteiger partial charge in [-0.05, 0) is 11.6 Å². The van der Waals surface area contributed by atoms with Crippen LogP contribution in [0.15, 0.2) is 6.07 Å². The highest BCUT2D eigenvalue weighted by Crippen LogP contribution is 2.32. The number of nitriles is 1. The topological polar surface area (TPSA) is 36.7 Å². The lowest BCUT2D eigenvalue weighted by molar-refractivity contribution is -0.141. The molecule has 0 aliphatic heterocycles. The normalized spacial score (nSPS) is 11.6. The molecule has 0 fully saturated rings. The van der Waals surface area contributed by atoms with E-state index >= 15 is 0 Å². The van der Waals surface area contributed by atoms with Gasteiger partial charge in [0, 0.05) is 0 Å². The number of hydrogen-bond donors (Lipinski definition) is 0. The van der Waals surface area contributed by atoms with Gasteiger partial charge in [0.15, 0.2) is 0 Å². The summed E-state index contributed by atoms with van der Waals surface area (Å²) >= 11 is 0. The van der Waals surface area contributed by atoms with E-state index in [1.165, 1.54) is 6.07 Å². The fraction of sp³-hybridized carbons (Fsp3) is 0.333. The SMILES string of the molecule is N#CCc1cc(C(F)(F)F)nc(F)c1C(F)F. The van der Waals surface area contributed by atoms with Crippen LogP contribution in [0.5, 0.6) is 0 Å². The second kappa shape index (κ2) is 4.61. The zero-order valence-electron chi connectivity index (χ0n) is 8.02. The van der Waals surface area contributed by atoms with E-state index in [-0.39, 0.29) is 6.07 Å². The second-order valence-electron chi connectivity index (χ2n) is 3.00. The summed E-state index contributed by atoms with van der Waals surface area (Å²) in [5.74, 6) is -1.90. The van der Waals surface area contributed by atoms with Gasteiger partial charge in [-0.25, -0.2) is 13.8 Å². The Kier molecular flexibility index (Phi) is 3.60. The van der Waals surface area contributed by atoms with Crippen LogP contribution in [0.2, 0.25) is 0 Å². The Hall–Kier alpha value is -1.78. The highest BCUT2D eigenvalue weighted by molar-refractivity contribution is 5.32. The third kappa shape index (κ3) is 2.87. The van der Waals surface area contributed by atoms with Crippen LogP contribution < -0.4 is 0 Å². The largest absolute Gasteiger partial charge is 0.433 e. The van der Waals surface area contributed by atoms with E-state index in [2.05, 4.69) is 4.98 Å². The van der Waals surface area contributed by atoms with Crippen molar-refractivity contribution in [1.82, 2.24) is 4.98 Å². The van der Waals surface area contributed by atoms with E-state index in [4.69, 9.17) is 5.26 Å². The Morgan fingerprint density at radius 3 is 2.35 bits per heavy atom. The predicted molar refractivity (Wildman–Crippen MR) is 43.5 cm³/mol. The Balaban J connectivity index is 3.42. The second-order valence-corrected chi connectivity index (χ2v) is 3.00. The molecule has 1 aromatic rings. The lowest BCUT2D eigenvalue weighted by Gasteiger charge is -2.11. The maximum atomic E-state index is 13.0. The standard InChI is InChI=1S/C9H4F6N2/c10-7(11)6-4(1-2-16)3-5(9(13,14)15)17-8(6)12/h3,7H,1H2. The molecule has 92 valence electrons. The van der Waals surface area contributed by atoms with E-state index in [9.17, 15) is 26.3 Å². The van der Waals surface area contributed by atoms with Crippen molar-refractivity contribution in [2.75, 3.05) is 0 Å². The van der Waals surface area contributed by atoms with Crippen molar-refractivity contribution in [1.29, 1.82) is 5.26 Å². The fourth-order valence-corrected chi connectivity index (χ4v) is 1.18. The minimum absolute atomic E-state index is 0.258. The molecule has 0 aliphatic carbocycles. The zero-order valence-corrected chi connectivity index (χ0v) is 8.02. The first-order valence-electron chi connectivity index (χ1n) is 4.19. The molecular formula is C9H4F6N2. The Morgan fingerprint density at radius 2 is 1.94 bits per heavy atom. The van der Waals surface area contributed by atoms with Gasteiger partial charge in [0.1, 0.15) is 5.69 Å². The van der Waals surface area contributed by atoms with Gasteiger partial charge in [-0.2, -0.15) is 22.8 Å². The lowest BCUT2D eigenvalue weighted by atomic mass is 10.1. The van der Waals surface area contributed by atoms with Gasteiger partial charge in [-0.3, -0.25) is 0 Å². The van der Waals surface area contributed by atoms with Crippen LogP contribution in [0.3, 0.4) is 0 Å². The molecular weight excluding hydrogens is 250 g/mol. The summed E-state index contributed by atoms with van der Waals surface area (Å²) in [7, 11) is 0. The summed E-state index contributed by atoms with van der Waals surface area (Å²) in [4.78, 5) is 2.43. The van der Waals surface area contributed by atoms with Crippen molar-refractivity contribution >= 4 is 0 Å². The highest BCUT2D eigenvalue weighted by atomic mass is 19.4. The highest BCUT2D eigenvalue weighted by Gasteiger charge is 2.35. The van der Waals surface area contributed by atoms with E-state index in [1.54, 1.807) is 0 Å². The quantitative estimate of drug-likeness (QED) is 0.600. The number of halogens is 6. The maximum absolute atomic E-state index is 13.0. The van der Waals surface area contributed by atoms with Crippen LogP contribution in [0.25, 0.3) is 0 Å². The van der Waals surface area contributed by atoms with Crippen LogP contribution in [0.4, 0.5) is 26.3 Å². The molecule has 1 rings (SSSR count). The first kappa shape index (κ1) is 13.3. The van der Waals surface area contributed by atoms with Gasteiger partial charge in [-0.1, -0.05) is 0 Å². The Morgan fingerprint density at radius 1 is 1.35 bits per heavy atom. The summed E-state index contributed by atoms with van der Waals surface area (Å²) in [5.41, 5.74) is -3.61. The molecule has 0 unspecified atom stereocenters. The average Bonchev–Trinajstić information content (AvgIpc) is 2.15. The summed E-state index contributed by atoms with van der Waals surface area (Å²) < 4.78 is 74.4. The van der Waals surface area contributed by atoms with Crippen LogP contribution in [0, 0.1) is 17.3 Å². The van der Waals surface area contributed by atoms with Gasteiger partial charge < -0.3 is 0 Å². The molecule has 0 bridgehead atoms. The average molecular weight is 254 g/mol. The molecule has 0 aromatic carbocycles. The molecule has 0 amide bonds. The Labute approximate surface area is 91.5 Å². The fourth-order valence-electron chi connectivity index (χ4n) is 1.18. The molecule has 0 saturated heterocycles. The summed E-state index contributed by atoms with van der Waals surface area (Å²) in [6.07, 6.45) is -9.03. The molecule has 2 nitrogen and oxygen atoms in total. The van der Waals surface area contributed by atoms with Crippen LogP contribution >= 0.6 is 0 Å². The molecule has 0 atom stereocenters. The molecule has 0 radical (unpaired) electrons. The number of hydrogen-bond acceptors (Lipinski definition) is 2. The van der Waals surface area contributed by atoms with Gasteiger partial charge in [0.05, 0.1) is 18.1 Å².